The van der Waals surface area contributed by atoms with Crippen LogP contribution in [0.4, 0.5) is 0 Å². The second-order valence-electron chi connectivity index (χ2n) is 15.1. The Morgan fingerprint density at radius 3 is 1.33 bits per heavy atom. The minimum Gasteiger partial charge on any atom is -0.246 e. The first-order valence-electron chi connectivity index (χ1n) is 20.5. The van der Waals surface area contributed by atoms with Gasteiger partial charge in [0.05, 0.1) is 22.8 Å². The Morgan fingerprint density at radius 1 is 0.295 bits per heavy atom. The Morgan fingerprint density at radius 2 is 0.738 bits per heavy atom. The van der Waals surface area contributed by atoms with Crippen molar-refractivity contribution in [1.29, 1.82) is 0 Å². The van der Waals surface area contributed by atoms with E-state index < -0.39 is 0 Å². The lowest BCUT2D eigenvalue weighted by molar-refractivity contribution is 1.19. The zero-order chi connectivity index (χ0) is 40.5. The normalized spacial score (nSPS) is 11.3. The molecule has 0 aliphatic rings. The molecule has 0 bridgehead atoms. The van der Waals surface area contributed by atoms with Gasteiger partial charge in [0.1, 0.15) is 0 Å². The molecule has 0 atom stereocenters. The van der Waals surface area contributed by atoms with Crippen LogP contribution in [-0.2, 0) is 0 Å². The smallest absolute Gasteiger partial charge is 0.161 e. The van der Waals surface area contributed by atoms with Crippen LogP contribution in [0, 0.1) is 0 Å². The average molecular weight is 796 g/mol. The summed E-state index contributed by atoms with van der Waals surface area (Å²) in [5.74, 6) is 0.704. The van der Waals surface area contributed by atoms with Crippen LogP contribution in [0.15, 0.2) is 224 Å². The molecule has 286 valence electrons. The summed E-state index contributed by atoms with van der Waals surface area (Å²) in [7, 11) is 0. The van der Waals surface area contributed by atoms with E-state index in [0.29, 0.717) is 5.82 Å². The van der Waals surface area contributed by atoms with E-state index in [4.69, 9.17) is 15.0 Å². The van der Waals surface area contributed by atoms with Gasteiger partial charge in [-0.2, -0.15) is 0 Å². The van der Waals surface area contributed by atoms with E-state index in [1.54, 1.807) is 11.3 Å². The second kappa shape index (κ2) is 15.8. The highest BCUT2D eigenvalue weighted by Crippen LogP contribution is 2.49. The third-order valence-corrected chi connectivity index (χ3v) is 12.5. The minimum absolute atomic E-state index is 0.704. The molecule has 0 unspecified atom stereocenters. The zero-order valence-corrected chi connectivity index (χ0v) is 33.9. The van der Waals surface area contributed by atoms with Crippen molar-refractivity contribution in [1.82, 2.24) is 15.0 Å². The topological polar surface area (TPSA) is 38.7 Å². The Kier molecular flexibility index (Phi) is 9.38. The molecule has 0 N–H and O–H groups in total. The van der Waals surface area contributed by atoms with E-state index in [9.17, 15) is 0 Å². The van der Waals surface area contributed by atoms with Crippen LogP contribution >= 0.6 is 11.3 Å². The number of thiophene rings is 1. The third kappa shape index (κ3) is 6.79. The Labute approximate surface area is 359 Å². The highest BCUT2D eigenvalue weighted by molar-refractivity contribution is 7.26. The van der Waals surface area contributed by atoms with Crippen molar-refractivity contribution in [2.45, 2.75) is 0 Å². The van der Waals surface area contributed by atoms with Crippen molar-refractivity contribution in [2.24, 2.45) is 0 Å². The summed E-state index contributed by atoms with van der Waals surface area (Å²) in [6, 6.07) is 79.1. The highest BCUT2D eigenvalue weighted by Gasteiger charge is 2.26. The van der Waals surface area contributed by atoms with E-state index in [0.717, 1.165) is 84.0 Å². The maximum absolute atomic E-state index is 5.64. The quantitative estimate of drug-likeness (QED) is 0.154. The molecule has 11 aromatic rings. The lowest BCUT2D eigenvalue weighted by Gasteiger charge is -2.23. The number of aromatic nitrogens is 3. The van der Waals surface area contributed by atoms with Crippen molar-refractivity contribution >= 4 is 31.5 Å². The summed E-state index contributed by atoms with van der Waals surface area (Å²) in [4.78, 5) is 16.4. The fraction of sp³-hybridized carbons (Fsp3) is 0. The molecule has 3 aromatic heterocycles. The molecule has 3 heterocycles. The van der Waals surface area contributed by atoms with Gasteiger partial charge in [0.2, 0.25) is 0 Å². The van der Waals surface area contributed by atoms with E-state index in [-0.39, 0.29) is 0 Å². The summed E-state index contributed by atoms with van der Waals surface area (Å²) >= 11 is 1.80. The molecular weight excluding hydrogens is 759 g/mol. The van der Waals surface area contributed by atoms with Crippen LogP contribution in [0.3, 0.4) is 0 Å². The third-order valence-electron chi connectivity index (χ3n) is 11.3. The molecule has 0 fully saturated rings. The number of nitrogens with zero attached hydrogens (tertiary/aromatic N) is 3. The largest absolute Gasteiger partial charge is 0.246 e. The van der Waals surface area contributed by atoms with Crippen LogP contribution in [0.5, 0.6) is 0 Å². The maximum Gasteiger partial charge on any atom is 0.161 e. The van der Waals surface area contributed by atoms with E-state index in [1.165, 1.54) is 20.2 Å². The van der Waals surface area contributed by atoms with Gasteiger partial charge < -0.3 is 0 Å². The summed E-state index contributed by atoms with van der Waals surface area (Å²) in [5, 5.41) is 2.47. The van der Waals surface area contributed by atoms with E-state index in [1.807, 2.05) is 6.07 Å². The summed E-state index contributed by atoms with van der Waals surface area (Å²) in [6.07, 6.45) is 0. The molecule has 0 amide bonds. The average Bonchev–Trinajstić information content (AvgIpc) is 3.74. The van der Waals surface area contributed by atoms with Gasteiger partial charge in [0.15, 0.2) is 5.82 Å². The Bertz CT molecular complexity index is 3230. The second-order valence-corrected chi connectivity index (χ2v) is 16.1. The van der Waals surface area contributed by atoms with Gasteiger partial charge >= 0.3 is 0 Å². The van der Waals surface area contributed by atoms with Crippen LogP contribution in [0.1, 0.15) is 0 Å². The predicted molar refractivity (Wildman–Crippen MR) is 256 cm³/mol. The maximum atomic E-state index is 5.64. The number of pyridine rings is 1. The first-order valence-corrected chi connectivity index (χ1v) is 21.3. The number of benzene rings is 8. The Balaban J connectivity index is 1.20. The SMILES string of the molecule is c1ccc(-c2cc(-c3cccc(-c4c(-c5ccccc5)c(-c5ccccc5)nc(-c5ccccc5)c4-c4ccccc4)c3)nc(-c3cccc4c3sc3ccccc34)n2)cc1. The number of hydrogen-bond donors (Lipinski definition) is 0. The fourth-order valence-corrected chi connectivity index (χ4v) is 9.70. The molecule has 0 saturated heterocycles. The summed E-state index contributed by atoms with van der Waals surface area (Å²) in [5.41, 5.74) is 15.3. The lowest BCUT2D eigenvalue weighted by Crippen LogP contribution is -2.02. The van der Waals surface area contributed by atoms with Crippen LogP contribution < -0.4 is 0 Å². The van der Waals surface area contributed by atoms with Crippen molar-refractivity contribution in [3.63, 3.8) is 0 Å². The summed E-state index contributed by atoms with van der Waals surface area (Å²) < 4.78 is 2.44. The summed E-state index contributed by atoms with van der Waals surface area (Å²) in [6.45, 7) is 0. The molecule has 0 aliphatic heterocycles. The molecule has 4 heteroatoms. The number of fused-ring (bicyclic) bond motifs is 3. The molecule has 11 rings (SSSR count). The van der Waals surface area contributed by atoms with Crippen LogP contribution in [0.25, 0.3) is 110 Å². The molecule has 3 nitrogen and oxygen atoms in total. The molecule has 8 aromatic carbocycles. The molecule has 0 saturated carbocycles. The zero-order valence-electron chi connectivity index (χ0n) is 33.1. The van der Waals surface area contributed by atoms with Gasteiger partial charge in [-0.05, 0) is 41.0 Å². The molecule has 0 radical (unpaired) electrons. The lowest BCUT2D eigenvalue weighted by atomic mass is 9.83. The van der Waals surface area contributed by atoms with Gasteiger partial charge in [-0.25, -0.2) is 15.0 Å². The van der Waals surface area contributed by atoms with E-state index >= 15 is 0 Å². The molecule has 61 heavy (non-hydrogen) atoms. The fourth-order valence-electron chi connectivity index (χ4n) is 8.49. The molecule has 0 spiro atoms. The first kappa shape index (κ1) is 36.3. The predicted octanol–water partition coefficient (Wildman–Crippen LogP) is 15.6. The van der Waals surface area contributed by atoms with Gasteiger partial charge in [-0.1, -0.05) is 200 Å². The van der Waals surface area contributed by atoms with Crippen LogP contribution in [-0.4, -0.2) is 15.0 Å². The molecular formula is C57H37N3S. The van der Waals surface area contributed by atoms with Gasteiger partial charge in [0, 0.05) is 64.7 Å². The van der Waals surface area contributed by atoms with Gasteiger partial charge in [0.25, 0.3) is 0 Å². The van der Waals surface area contributed by atoms with Crippen molar-refractivity contribution in [2.75, 3.05) is 0 Å². The minimum atomic E-state index is 0.704. The first-order chi connectivity index (χ1) is 30.3. The van der Waals surface area contributed by atoms with Crippen LogP contribution in [0.2, 0.25) is 0 Å². The molecule has 0 aliphatic carbocycles. The van der Waals surface area contributed by atoms with Crippen molar-refractivity contribution in [3.8, 4) is 89.8 Å². The van der Waals surface area contributed by atoms with E-state index in [2.05, 4.69) is 218 Å². The highest BCUT2D eigenvalue weighted by atomic mass is 32.1. The van der Waals surface area contributed by atoms with Crippen molar-refractivity contribution in [3.05, 3.63) is 224 Å². The number of rotatable bonds is 8. The number of hydrogen-bond acceptors (Lipinski definition) is 4. The standard InChI is InChI=1S/C57H37N3S/c1-6-20-38(21-7-1)48-37-49(59-57(58-48)47-34-19-33-46-45-32-16-17-35-50(45)61-56(46)47)43-30-18-31-44(36-43)51-52(39-22-8-2-9-23-39)54(41-26-12-4-13-27-41)60-55(42-28-14-5-15-29-42)53(51)40-24-10-3-11-25-40/h1-37H. The Hall–Kier alpha value is -7.79. The van der Waals surface area contributed by atoms with Gasteiger partial charge in [-0.15, -0.1) is 11.3 Å². The monoisotopic (exact) mass is 795 g/mol. The van der Waals surface area contributed by atoms with Crippen molar-refractivity contribution < 1.29 is 0 Å². The van der Waals surface area contributed by atoms with Gasteiger partial charge in [-0.3, -0.25) is 0 Å².